The zero-order valence-electron chi connectivity index (χ0n) is 7.92. The van der Waals surface area contributed by atoms with E-state index in [2.05, 4.69) is 5.10 Å². The summed E-state index contributed by atoms with van der Waals surface area (Å²) in [5, 5.41) is 3.72. The number of aromatic nitrogens is 2. The Hall–Kier alpha value is -1.46. The van der Waals surface area contributed by atoms with E-state index in [1.165, 1.54) is 22.9 Å². The number of halogens is 3. The van der Waals surface area contributed by atoms with Gasteiger partial charge in [-0.05, 0) is 12.1 Å². The zero-order valence-corrected chi connectivity index (χ0v) is 9.43. The molecule has 4 N–H and O–H groups in total. The fourth-order valence-corrected chi connectivity index (χ4v) is 1.76. The van der Waals surface area contributed by atoms with Crippen LogP contribution in [0.3, 0.4) is 0 Å². The van der Waals surface area contributed by atoms with Crippen molar-refractivity contribution in [2.75, 3.05) is 11.5 Å². The Bertz CT molecular complexity index is 529. The van der Waals surface area contributed by atoms with Crippen LogP contribution in [0.5, 0.6) is 0 Å². The molecule has 0 saturated heterocycles. The Balaban J connectivity index is 2.61. The van der Waals surface area contributed by atoms with Gasteiger partial charge in [0.1, 0.15) is 11.6 Å². The molecule has 0 radical (unpaired) electrons. The monoisotopic (exact) mass is 260 g/mol. The summed E-state index contributed by atoms with van der Waals surface area (Å²) in [7, 11) is 0. The van der Waals surface area contributed by atoms with Gasteiger partial charge in [0.05, 0.1) is 15.7 Å². The van der Waals surface area contributed by atoms with Gasteiger partial charge in [0.2, 0.25) is 0 Å². The topological polar surface area (TPSA) is 69.9 Å². The number of benzene rings is 1. The van der Waals surface area contributed by atoms with Crippen LogP contribution < -0.4 is 11.5 Å². The number of nitrogens with two attached hydrogens (primary N) is 2. The van der Waals surface area contributed by atoms with Crippen LogP contribution in [0, 0.1) is 5.82 Å². The van der Waals surface area contributed by atoms with Crippen molar-refractivity contribution in [2.24, 2.45) is 0 Å². The molecule has 0 aliphatic heterocycles. The second-order valence-electron chi connectivity index (χ2n) is 3.13. The molecule has 0 aliphatic rings. The molecule has 84 valence electrons. The summed E-state index contributed by atoms with van der Waals surface area (Å²) < 4.78 is 14.5. The molecule has 7 heteroatoms. The van der Waals surface area contributed by atoms with Crippen molar-refractivity contribution in [3.8, 4) is 5.69 Å². The molecule has 1 heterocycles. The van der Waals surface area contributed by atoms with E-state index >= 15 is 0 Å². The molecule has 0 bridgehead atoms. The quantitative estimate of drug-likeness (QED) is 0.775. The van der Waals surface area contributed by atoms with E-state index < -0.39 is 5.82 Å². The smallest absolute Gasteiger partial charge is 0.160 e. The molecule has 4 nitrogen and oxygen atoms in total. The number of hydrogen-bond donors (Lipinski definition) is 2. The maximum absolute atomic E-state index is 13.2. The van der Waals surface area contributed by atoms with Crippen LogP contribution in [0.4, 0.5) is 16.0 Å². The van der Waals surface area contributed by atoms with Gasteiger partial charge < -0.3 is 11.5 Å². The average molecular weight is 261 g/mol. The molecule has 2 rings (SSSR count). The molecule has 1 aromatic heterocycles. The zero-order chi connectivity index (χ0) is 11.9. The lowest BCUT2D eigenvalue weighted by Gasteiger charge is -2.06. The first-order chi connectivity index (χ1) is 7.49. The highest BCUT2D eigenvalue weighted by molar-refractivity contribution is 6.35. The lowest BCUT2D eigenvalue weighted by Crippen LogP contribution is -2.02. The van der Waals surface area contributed by atoms with Crippen molar-refractivity contribution in [1.82, 2.24) is 9.78 Å². The first-order valence-corrected chi connectivity index (χ1v) is 5.00. The molecule has 0 atom stereocenters. The highest BCUT2D eigenvalue weighted by atomic mass is 35.5. The van der Waals surface area contributed by atoms with Crippen LogP contribution in [0.1, 0.15) is 0 Å². The van der Waals surface area contributed by atoms with Crippen molar-refractivity contribution in [3.05, 3.63) is 34.1 Å². The van der Waals surface area contributed by atoms with Crippen LogP contribution in [-0.2, 0) is 0 Å². The third-order valence-corrected chi connectivity index (χ3v) is 2.52. The Labute approximate surface area is 101 Å². The Morgan fingerprint density at radius 2 is 1.69 bits per heavy atom. The minimum atomic E-state index is -0.675. The lowest BCUT2D eigenvalue weighted by atomic mass is 10.3. The van der Waals surface area contributed by atoms with E-state index in [-0.39, 0.29) is 15.9 Å². The summed E-state index contributed by atoms with van der Waals surface area (Å²) >= 11 is 11.3. The van der Waals surface area contributed by atoms with Gasteiger partial charge in [-0.25, -0.2) is 9.07 Å². The predicted molar refractivity (Wildman–Crippen MR) is 62.4 cm³/mol. The molecule has 0 fully saturated rings. The summed E-state index contributed by atoms with van der Waals surface area (Å²) in [5.74, 6) is -0.101. The van der Waals surface area contributed by atoms with Crippen LogP contribution >= 0.6 is 23.2 Å². The van der Waals surface area contributed by atoms with Crippen molar-refractivity contribution in [1.29, 1.82) is 0 Å². The van der Waals surface area contributed by atoms with E-state index in [1.54, 1.807) is 0 Å². The number of hydrogen-bond acceptors (Lipinski definition) is 3. The van der Waals surface area contributed by atoms with E-state index in [0.717, 1.165) is 0 Å². The summed E-state index contributed by atoms with van der Waals surface area (Å²) in [4.78, 5) is 0. The molecule has 2 aromatic rings. The molecule has 0 unspecified atom stereocenters. The summed E-state index contributed by atoms with van der Waals surface area (Å²) in [6.07, 6.45) is 0. The molecular weight excluding hydrogens is 254 g/mol. The van der Waals surface area contributed by atoms with Gasteiger partial charge in [-0.15, -0.1) is 5.10 Å². The SMILES string of the molecule is Nc1cc(N)n(-c2cc(Cl)c(F)c(Cl)c2)n1. The van der Waals surface area contributed by atoms with Crippen molar-refractivity contribution in [2.45, 2.75) is 0 Å². The largest absolute Gasteiger partial charge is 0.384 e. The maximum atomic E-state index is 13.2. The third kappa shape index (κ3) is 1.79. The van der Waals surface area contributed by atoms with Gasteiger partial charge >= 0.3 is 0 Å². The second-order valence-corrected chi connectivity index (χ2v) is 3.94. The summed E-state index contributed by atoms with van der Waals surface area (Å²) in [6, 6.07) is 4.21. The van der Waals surface area contributed by atoms with Crippen molar-refractivity contribution < 1.29 is 4.39 Å². The molecule has 0 saturated carbocycles. The highest BCUT2D eigenvalue weighted by Gasteiger charge is 2.11. The summed E-state index contributed by atoms with van der Waals surface area (Å²) in [6.45, 7) is 0. The van der Waals surface area contributed by atoms with E-state index in [0.29, 0.717) is 11.5 Å². The molecule has 16 heavy (non-hydrogen) atoms. The first-order valence-electron chi connectivity index (χ1n) is 4.25. The summed E-state index contributed by atoms with van der Waals surface area (Å²) in [5.41, 5.74) is 11.6. The molecular formula is C9H7Cl2FN4. The van der Waals surface area contributed by atoms with Gasteiger partial charge in [-0.3, -0.25) is 0 Å². The van der Waals surface area contributed by atoms with E-state index in [1.807, 2.05) is 0 Å². The third-order valence-electron chi connectivity index (χ3n) is 1.97. The normalized spacial score (nSPS) is 10.7. The first kappa shape index (κ1) is 11.0. The highest BCUT2D eigenvalue weighted by Crippen LogP contribution is 2.27. The predicted octanol–water partition coefficient (Wildman–Crippen LogP) is 2.48. The van der Waals surface area contributed by atoms with E-state index in [9.17, 15) is 4.39 Å². The van der Waals surface area contributed by atoms with Crippen LogP contribution in [0.25, 0.3) is 5.69 Å². The number of nitrogen functional groups attached to an aromatic ring is 2. The minimum Gasteiger partial charge on any atom is -0.384 e. The van der Waals surface area contributed by atoms with Gasteiger partial charge in [0.15, 0.2) is 5.82 Å². The van der Waals surface area contributed by atoms with Gasteiger partial charge in [-0.1, -0.05) is 23.2 Å². The van der Waals surface area contributed by atoms with Crippen LogP contribution in [-0.4, -0.2) is 9.78 Å². The fraction of sp³-hybridized carbons (Fsp3) is 0. The van der Waals surface area contributed by atoms with Gasteiger partial charge in [0.25, 0.3) is 0 Å². The number of rotatable bonds is 1. The van der Waals surface area contributed by atoms with Gasteiger partial charge in [-0.2, -0.15) is 0 Å². The maximum Gasteiger partial charge on any atom is 0.160 e. The number of nitrogens with zero attached hydrogens (tertiary/aromatic N) is 2. The van der Waals surface area contributed by atoms with Crippen LogP contribution in [0.2, 0.25) is 10.0 Å². The average Bonchev–Trinajstić information content (AvgIpc) is 2.53. The minimum absolute atomic E-state index is 0.101. The molecule has 0 spiro atoms. The molecule has 0 aliphatic carbocycles. The van der Waals surface area contributed by atoms with Crippen molar-refractivity contribution in [3.63, 3.8) is 0 Å². The Morgan fingerprint density at radius 3 is 2.12 bits per heavy atom. The standard InChI is InChI=1S/C9H7Cl2FN4/c10-5-1-4(2-6(11)9(5)12)16-8(14)3-7(13)15-16/h1-3H,14H2,(H2,13,15). The van der Waals surface area contributed by atoms with Crippen molar-refractivity contribution >= 4 is 34.8 Å². The second kappa shape index (κ2) is 3.84. The lowest BCUT2D eigenvalue weighted by molar-refractivity contribution is 0.628. The molecule has 1 aromatic carbocycles. The fourth-order valence-electron chi connectivity index (χ4n) is 1.29. The van der Waals surface area contributed by atoms with E-state index in [4.69, 9.17) is 34.7 Å². The van der Waals surface area contributed by atoms with Gasteiger partial charge in [0, 0.05) is 6.07 Å². The number of anilines is 2. The Kier molecular flexibility index (Phi) is 2.65. The molecule has 0 amide bonds. The van der Waals surface area contributed by atoms with Crippen LogP contribution in [0.15, 0.2) is 18.2 Å². The Morgan fingerprint density at radius 1 is 1.12 bits per heavy atom.